The van der Waals surface area contributed by atoms with Crippen molar-refractivity contribution >= 4 is 27.9 Å². The molecule has 9 nitrogen and oxygen atoms in total. The predicted octanol–water partition coefficient (Wildman–Crippen LogP) is 4.08. The number of hydrogen-bond donors (Lipinski definition) is 1. The third kappa shape index (κ3) is 3.48. The van der Waals surface area contributed by atoms with Gasteiger partial charge >= 0.3 is 0 Å². The van der Waals surface area contributed by atoms with E-state index in [1.54, 1.807) is 10.9 Å². The van der Waals surface area contributed by atoms with Crippen LogP contribution in [0.2, 0.25) is 0 Å². The Bertz CT molecular complexity index is 1730. The van der Waals surface area contributed by atoms with Gasteiger partial charge in [-0.3, -0.25) is 4.68 Å². The number of nitrogen functional groups attached to an aromatic ring is 1. The topological polar surface area (TPSA) is 113 Å². The summed E-state index contributed by atoms with van der Waals surface area (Å²) in [5, 5.41) is 9.89. The maximum absolute atomic E-state index is 6.28. The third-order valence-electron chi connectivity index (χ3n) is 6.21. The zero-order chi connectivity index (χ0) is 24.1. The third-order valence-corrected chi connectivity index (χ3v) is 6.21. The molecule has 172 valence electrons. The number of hydrogen-bond acceptors (Lipinski definition) is 7. The number of para-hydroxylation sites is 1. The smallest absolute Gasteiger partial charge is 0.164 e. The van der Waals surface area contributed by atoms with E-state index in [-0.39, 0.29) is 0 Å². The molecule has 6 rings (SSSR count). The molecule has 0 aliphatic heterocycles. The molecule has 6 aromatic rings. The van der Waals surface area contributed by atoms with Gasteiger partial charge in [0, 0.05) is 24.4 Å². The van der Waals surface area contributed by atoms with Crippen molar-refractivity contribution in [3.8, 4) is 22.5 Å². The minimum atomic E-state index is 0.369. The Hall–Kier alpha value is -4.66. The maximum Gasteiger partial charge on any atom is 0.164 e. The average molecular weight is 462 g/mol. The van der Waals surface area contributed by atoms with Crippen LogP contribution in [0.5, 0.6) is 0 Å². The second-order valence-electron chi connectivity index (χ2n) is 8.64. The lowest BCUT2D eigenvalue weighted by Crippen LogP contribution is -2.09. The quantitative estimate of drug-likeness (QED) is 0.421. The first-order valence-corrected chi connectivity index (χ1v) is 11.3. The van der Waals surface area contributed by atoms with Crippen LogP contribution in [0.1, 0.15) is 16.8 Å². The molecule has 0 spiro atoms. The summed E-state index contributed by atoms with van der Waals surface area (Å²) in [6.45, 7) is 4.51. The van der Waals surface area contributed by atoms with Crippen molar-refractivity contribution in [3.05, 3.63) is 78.0 Å². The van der Waals surface area contributed by atoms with Crippen LogP contribution < -0.4 is 5.73 Å². The Balaban J connectivity index is 1.59. The number of benzene rings is 2. The Morgan fingerprint density at radius 1 is 0.914 bits per heavy atom. The number of aromatic nitrogens is 8. The summed E-state index contributed by atoms with van der Waals surface area (Å²) in [5.41, 5.74) is 15.1. The molecule has 0 saturated heterocycles. The molecule has 9 heteroatoms. The van der Waals surface area contributed by atoms with E-state index in [0.29, 0.717) is 29.1 Å². The molecule has 0 aliphatic carbocycles. The van der Waals surface area contributed by atoms with Crippen molar-refractivity contribution in [1.82, 2.24) is 39.5 Å². The van der Waals surface area contributed by atoms with Gasteiger partial charge in [0.2, 0.25) is 0 Å². The number of anilines is 1. The Morgan fingerprint density at radius 2 is 1.74 bits per heavy atom. The Kier molecular flexibility index (Phi) is 4.77. The van der Waals surface area contributed by atoms with Crippen LogP contribution in [0, 0.1) is 13.8 Å². The van der Waals surface area contributed by atoms with Crippen molar-refractivity contribution in [1.29, 1.82) is 0 Å². The first-order valence-electron chi connectivity index (χ1n) is 11.3. The highest BCUT2D eigenvalue weighted by Gasteiger charge is 2.21. The van der Waals surface area contributed by atoms with E-state index in [2.05, 4.69) is 47.1 Å². The minimum Gasteiger partial charge on any atom is -0.383 e. The van der Waals surface area contributed by atoms with Gasteiger partial charge in [0.1, 0.15) is 17.8 Å². The van der Waals surface area contributed by atoms with Crippen LogP contribution in [-0.4, -0.2) is 39.5 Å². The molecule has 35 heavy (non-hydrogen) atoms. The fourth-order valence-corrected chi connectivity index (χ4v) is 4.45. The van der Waals surface area contributed by atoms with Crippen molar-refractivity contribution < 1.29 is 0 Å². The van der Waals surface area contributed by atoms with Crippen molar-refractivity contribution in [3.63, 3.8) is 0 Å². The van der Waals surface area contributed by atoms with Gasteiger partial charge in [-0.25, -0.2) is 24.6 Å². The highest BCUT2D eigenvalue weighted by Crippen LogP contribution is 2.32. The van der Waals surface area contributed by atoms with Crippen LogP contribution in [0.25, 0.3) is 44.6 Å². The summed E-state index contributed by atoms with van der Waals surface area (Å²) in [6, 6.07) is 14.3. The maximum atomic E-state index is 6.28. The molecule has 0 amide bonds. The van der Waals surface area contributed by atoms with E-state index in [1.165, 1.54) is 6.33 Å². The SMILES string of the molecule is Cc1ccccc1-c1nc2c(C)cccc2nc1Cn1nc(-c2cnn(C)c2)c2c(N)ncnc21. The molecule has 0 bridgehead atoms. The monoisotopic (exact) mass is 461 g/mol. The van der Waals surface area contributed by atoms with Gasteiger partial charge < -0.3 is 5.73 Å². The van der Waals surface area contributed by atoms with Gasteiger partial charge in [-0.15, -0.1) is 0 Å². The lowest BCUT2D eigenvalue weighted by molar-refractivity contribution is 0.692. The summed E-state index contributed by atoms with van der Waals surface area (Å²) >= 11 is 0. The second kappa shape index (κ2) is 7.98. The van der Waals surface area contributed by atoms with E-state index in [0.717, 1.165) is 44.7 Å². The Labute approximate surface area is 201 Å². The number of aryl methyl sites for hydroxylation is 3. The van der Waals surface area contributed by atoms with E-state index >= 15 is 0 Å². The van der Waals surface area contributed by atoms with E-state index in [1.807, 2.05) is 42.2 Å². The molecular weight excluding hydrogens is 438 g/mol. The number of rotatable bonds is 4. The summed E-state index contributed by atoms with van der Waals surface area (Å²) < 4.78 is 3.55. The van der Waals surface area contributed by atoms with Crippen LogP contribution in [-0.2, 0) is 13.6 Å². The minimum absolute atomic E-state index is 0.369. The summed E-state index contributed by atoms with van der Waals surface area (Å²) in [5.74, 6) is 0.374. The summed E-state index contributed by atoms with van der Waals surface area (Å²) in [7, 11) is 1.86. The molecule has 4 aromatic heterocycles. The second-order valence-corrected chi connectivity index (χ2v) is 8.64. The van der Waals surface area contributed by atoms with Crippen LogP contribution in [0.15, 0.2) is 61.2 Å². The lowest BCUT2D eigenvalue weighted by Gasteiger charge is -2.13. The fourth-order valence-electron chi connectivity index (χ4n) is 4.45. The van der Waals surface area contributed by atoms with E-state index in [9.17, 15) is 0 Å². The standard InChI is InChI=1S/C26H23N9/c1-15-7-4-5-9-18(15)24-20(31-19-10-6-8-16(2)22(19)32-24)13-35-26-21(25(27)28-14-29-26)23(33-35)17-11-30-34(3)12-17/h4-12,14H,13H2,1-3H3,(H2,27,28,29). The molecule has 0 saturated carbocycles. The average Bonchev–Trinajstić information content (AvgIpc) is 3.44. The molecular formula is C26H23N9. The van der Waals surface area contributed by atoms with Gasteiger partial charge in [0.05, 0.1) is 40.5 Å². The van der Waals surface area contributed by atoms with Gasteiger partial charge in [-0.05, 0) is 31.0 Å². The highest BCUT2D eigenvalue weighted by molar-refractivity contribution is 5.98. The van der Waals surface area contributed by atoms with Crippen molar-refractivity contribution in [2.45, 2.75) is 20.4 Å². The van der Waals surface area contributed by atoms with Gasteiger partial charge in [0.15, 0.2) is 5.65 Å². The predicted molar refractivity (Wildman–Crippen MR) is 135 cm³/mol. The van der Waals surface area contributed by atoms with Crippen molar-refractivity contribution in [2.75, 3.05) is 5.73 Å². The molecule has 2 N–H and O–H groups in total. The van der Waals surface area contributed by atoms with Gasteiger partial charge in [0.25, 0.3) is 0 Å². The van der Waals surface area contributed by atoms with Crippen LogP contribution in [0.3, 0.4) is 0 Å². The summed E-state index contributed by atoms with van der Waals surface area (Å²) in [4.78, 5) is 18.9. The van der Waals surface area contributed by atoms with Crippen LogP contribution in [0.4, 0.5) is 5.82 Å². The molecule has 0 aliphatic rings. The summed E-state index contributed by atoms with van der Waals surface area (Å²) in [6.07, 6.45) is 5.12. The van der Waals surface area contributed by atoms with Crippen LogP contribution >= 0.6 is 0 Å². The zero-order valence-electron chi connectivity index (χ0n) is 19.6. The largest absolute Gasteiger partial charge is 0.383 e. The first-order chi connectivity index (χ1) is 17.0. The van der Waals surface area contributed by atoms with E-state index in [4.69, 9.17) is 20.8 Å². The molecule has 4 heterocycles. The number of nitrogens with zero attached hydrogens (tertiary/aromatic N) is 8. The Morgan fingerprint density at radius 3 is 2.54 bits per heavy atom. The number of nitrogens with two attached hydrogens (primary N) is 1. The first kappa shape index (κ1) is 20.9. The molecule has 0 radical (unpaired) electrons. The van der Waals surface area contributed by atoms with E-state index < -0.39 is 0 Å². The normalized spacial score (nSPS) is 11.5. The number of fused-ring (bicyclic) bond motifs is 2. The molecule has 0 unspecified atom stereocenters. The fraction of sp³-hybridized carbons (Fsp3) is 0.154. The molecule has 2 aromatic carbocycles. The van der Waals surface area contributed by atoms with Gasteiger partial charge in [-0.2, -0.15) is 10.2 Å². The molecule has 0 fully saturated rings. The molecule has 0 atom stereocenters. The zero-order valence-corrected chi connectivity index (χ0v) is 19.6. The highest BCUT2D eigenvalue weighted by atomic mass is 15.3. The lowest BCUT2D eigenvalue weighted by atomic mass is 10.0. The van der Waals surface area contributed by atoms with Crippen molar-refractivity contribution in [2.24, 2.45) is 7.05 Å². The van der Waals surface area contributed by atoms with Gasteiger partial charge in [-0.1, -0.05) is 36.4 Å².